The van der Waals surface area contributed by atoms with Gasteiger partial charge in [-0.3, -0.25) is 9.10 Å². The molecule has 8 heteroatoms. The van der Waals surface area contributed by atoms with Crippen molar-refractivity contribution in [3.05, 3.63) is 83.9 Å². The number of para-hydroxylation sites is 3. The summed E-state index contributed by atoms with van der Waals surface area (Å²) in [6.45, 7) is 2.44. The summed E-state index contributed by atoms with van der Waals surface area (Å²) in [6, 6.07) is 20.8. The van der Waals surface area contributed by atoms with Crippen LogP contribution in [-0.2, 0) is 16.4 Å². The van der Waals surface area contributed by atoms with Gasteiger partial charge in [-0.05, 0) is 55.3 Å². The third-order valence-electron chi connectivity index (χ3n) is 5.86. The summed E-state index contributed by atoms with van der Waals surface area (Å²) in [6.07, 6.45) is 0.319. The van der Waals surface area contributed by atoms with Crippen molar-refractivity contribution >= 4 is 21.6 Å². The number of nitrogens with one attached hydrogen (secondary N) is 1. The third-order valence-corrected chi connectivity index (χ3v) is 7.78. The Balaban J connectivity index is 1.31. The summed E-state index contributed by atoms with van der Waals surface area (Å²) < 4.78 is 39.9. The molecular formula is C25H24N2O5S. The van der Waals surface area contributed by atoms with Crippen molar-refractivity contribution in [1.29, 1.82) is 0 Å². The molecule has 2 heterocycles. The maximum Gasteiger partial charge on any atom is 0.264 e. The van der Waals surface area contributed by atoms with E-state index >= 15 is 0 Å². The van der Waals surface area contributed by atoms with Crippen LogP contribution in [0, 0.1) is 0 Å². The van der Waals surface area contributed by atoms with Crippen LogP contribution >= 0.6 is 0 Å². The van der Waals surface area contributed by atoms with Crippen LogP contribution < -0.4 is 19.1 Å². The normalized spacial score (nSPS) is 19.1. The first-order valence-electron chi connectivity index (χ1n) is 10.8. The molecule has 33 heavy (non-hydrogen) atoms. The van der Waals surface area contributed by atoms with Crippen molar-refractivity contribution in [2.24, 2.45) is 0 Å². The molecule has 3 aromatic carbocycles. The quantitative estimate of drug-likeness (QED) is 0.626. The van der Waals surface area contributed by atoms with Crippen LogP contribution in [-0.4, -0.2) is 39.6 Å². The molecule has 2 atom stereocenters. The molecule has 1 amide bonds. The monoisotopic (exact) mass is 464 g/mol. The standard InChI is InChI=1S/C25H24N2O5S/c1-17-13-18-7-2-3-10-22(18)27(17)33(29,30)21-9-6-8-19(14-21)25(28)26-15-20-16-31-23-11-4-5-12-24(23)32-20/h2-12,14,17,20H,13,15-16H2,1H3,(H,26,28). The molecule has 0 bridgehead atoms. The molecule has 0 aliphatic carbocycles. The summed E-state index contributed by atoms with van der Waals surface area (Å²) in [4.78, 5) is 12.9. The number of sulfonamides is 1. The van der Waals surface area contributed by atoms with Gasteiger partial charge in [0.2, 0.25) is 0 Å². The fraction of sp³-hybridized carbons (Fsp3) is 0.240. The molecule has 3 aromatic rings. The van der Waals surface area contributed by atoms with E-state index in [1.54, 1.807) is 12.1 Å². The second-order valence-corrected chi connectivity index (χ2v) is 10.0. The fourth-order valence-corrected chi connectivity index (χ4v) is 6.03. The number of carbonyl (C=O) groups is 1. The Kier molecular flexibility index (Phi) is 5.46. The molecule has 0 spiro atoms. The summed E-state index contributed by atoms with van der Waals surface area (Å²) in [5.74, 6) is 0.941. The summed E-state index contributed by atoms with van der Waals surface area (Å²) in [5.41, 5.74) is 1.96. The topological polar surface area (TPSA) is 84.9 Å². The van der Waals surface area contributed by atoms with E-state index in [1.807, 2.05) is 55.5 Å². The predicted octanol–water partition coefficient (Wildman–Crippen LogP) is 3.40. The lowest BCUT2D eigenvalue weighted by Gasteiger charge is -2.26. The zero-order valence-corrected chi connectivity index (χ0v) is 18.9. The maximum absolute atomic E-state index is 13.5. The minimum Gasteiger partial charge on any atom is -0.486 e. The van der Waals surface area contributed by atoms with E-state index in [1.165, 1.54) is 16.4 Å². The van der Waals surface area contributed by atoms with Gasteiger partial charge in [-0.25, -0.2) is 8.42 Å². The fourth-order valence-electron chi connectivity index (χ4n) is 4.29. The van der Waals surface area contributed by atoms with Crippen LogP contribution in [0.5, 0.6) is 11.5 Å². The highest BCUT2D eigenvalue weighted by Crippen LogP contribution is 2.36. The van der Waals surface area contributed by atoms with Crippen LogP contribution in [0.15, 0.2) is 77.7 Å². The number of ether oxygens (including phenoxy) is 2. The number of hydrogen-bond donors (Lipinski definition) is 1. The van der Waals surface area contributed by atoms with E-state index < -0.39 is 10.0 Å². The van der Waals surface area contributed by atoms with Crippen molar-refractivity contribution in [3.63, 3.8) is 0 Å². The summed E-state index contributed by atoms with van der Waals surface area (Å²) >= 11 is 0. The van der Waals surface area contributed by atoms with Gasteiger partial charge in [0.15, 0.2) is 11.5 Å². The Bertz CT molecular complexity index is 1310. The number of anilines is 1. The summed E-state index contributed by atoms with van der Waals surface area (Å²) in [5, 5.41) is 2.82. The van der Waals surface area contributed by atoms with Crippen molar-refractivity contribution in [2.45, 2.75) is 30.4 Å². The van der Waals surface area contributed by atoms with E-state index in [-0.39, 0.29) is 35.1 Å². The number of fused-ring (bicyclic) bond motifs is 2. The Morgan fingerprint density at radius 1 is 1.03 bits per heavy atom. The van der Waals surface area contributed by atoms with Gasteiger partial charge >= 0.3 is 0 Å². The van der Waals surface area contributed by atoms with Crippen LogP contribution in [0.25, 0.3) is 0 Å². The Morgan fingerprint density at radius 3 is 2.64 bits per heavy atom. The molecule has 0 fully saturated rings. The van der Waals surface area contributed by atoms with E-state index in [9.17, 15) is 13.2 Å². The van der Waals surface area contributed by atoms with Crippen molar-refractivity contribution in [2.75, 3.05) is 17.5 Å². The van der Waals surface area contributed by atoms with Crippen molar-refractivity contribution < 1.29 is 22.7 Å². The number of hydrogen-bond acceptors (Lipinski definition) is 5. The van der Waals surface area contributed by atoms with Crippen molar-refractivity contribution in [1.82, 2.24) is 5.32 Å². The molecule has 0 aromatic heterocycles. The average molecular weight is 465 g/mol. The van der Waals surface area contributed by atoms with E-state index in [0.717, 1.165) is 5.56 Å². The minimum absolute atomic E-state index is 0.0879. The zero-order valence-electron chi connectivity index (χ0n) is 18.1. The first kappa shape index (κ1) is 21.3. The van der Waals surface area contributed by atoms with E-state index in [0.29, 0.717) is 30.2 Å². The van der Waals surface area contributed by atoms with Crippen LogP contribution in [0.4, 0.5) is 5.69 Å². The van der Waals surface area contributed by atoms with Gasteiger partial charge in [-0.1, -0.05) is 36.4 Å². The van der Waals surface area contributed by atoms with Crippen LogP contribution in [0.3, 0.4) is 0 Å². The second kappa shape index (κ2) is 8.44. The Hall–Kier alpha value is -3.52. The molecule has 5 rings (SSSR count). The number of benzene rings is 3. The van der Waals surface area contributed by atoms with E-state index in [2.05, 4.69) is 5.32 Å². The molecule has 1 N–H and O–H groups in total. The zero-order chi connectivity index (χ0) is 23.0. The minimum atomic E-state index is -3.82. The van der Waals surface area contributed by atoms with E-state index in [4.69, 9.17) is 9.47 Å². The first-order chi connectivity index (χ1) is 15.9. The molecule has 2 unspecified atom stereocenters. The number of carbonyl (C=O) groups excluding carboxylic acids is 1. The first-order valence-corrected chi connectivity index (χ1v) is 12.3. The highest BCUT2D eigenvalue weighted by atomic mass is 32.2. The van der Waals surface area contributed by atoms with Crippen LogP contribution in [0.2, 0.25) is 0 Å². The average Bonchev–Trinajstić information content (AvgIpc) is 3.19. The predicted molar refractivity (Wildman–Crippen MR) is 124 cm³/mol. The number of rotatable bonds is 5. The molecule has 0 saturated heterocycles. The Labute approximate surface area is 193 Å². The highest BCUT2D eigenvalue weighted by Gasteiger charge is 2.36. The molecule has 0 saturated carbocycles. The molecule has 7 nitrogen and oxygen atoms in total. The lowest BCUT2D eigenvalue weighted by atomic mass is 10.1. The molecule has 170 valence electrons. The molecule has 0 radical (unpaired) electrons. The van der Waals surface area contributed by atoms with Gasteiger partial charge in [-0.2, -0.15) is 0 Å². The van der Waals surface area contributed by atoms with Gasteiger partial charge in [0.05, 0.1) is 17.1 Å². The number of amides is 1. The van der Waals surface area contributed by atoms with Gasteiger partial charge < -0.3 is 14.8 Å². The highest BCUT2D eigenvalue weighted by molar-refractivity contribution is 7.92. The van der Waals surface area contributed by atoms with Crippen LogP contribution in [0.1, 0.15) is 22.8 Å². The smallest absolute Gasteiger partial charge is 0.264 e. The van der Waals surface area contributed by atoms with Gasteiger partial charge in [0.1, 0.15) is 12.7 Å². The molecular weight excluding hydrogens is 440 g/mol. The second-order valence-electron chi connectivity index (χ2n) is 8.22. The van der Waals surface area contributed by atoms with Crippen molar-refractivity contribution in [3.8, 4) is 11.5 Å². The van der Waals surface area contributed by atoms with Gasteiger partial charge in [-0.15, -0.1) is 0 Å². The maximum atomic E-state index is 13.5. The van der Waals surface area contributed by atoms with Gasteiger partial charge in [0.25, 0.3) is 15.9 Å². The molecule has 2 aliphatic heterocycles. The summed E-state index contributed by atoms with van der Waals surface area (Å²) in [7, 11) is -3.82. The Morgan fingerprint density at radius 2 is 1.79 bits per heavy atom. The lowest BCUT2D eigenvalue weighted by molar-refractivity contribution is 0.0789. The SMILES string of the molecule is CC1Cc2ccccc2N1S(=O)(=O)c1cccc(C(=O)NCC2COc3ccccc3O2)c1. The number of nitrogens with zero attached hydrogens (tertiary/aromatic N) is 1. The largest absolute Gasteiger partial charge is 0.486 e. The lowest BCUT2D eigenvalue weighted by Crippen LogP contribution is -2.40. The molecule has 2 aliphatic rings. The third kappa shape index (κ3) is 4.02. The van der Waals surface area contributed by atoms with Gasteiger partial charge in [0, 0.05) is 11.6 Å².